The van der Waals surface area contributed by atoms with Crippen molar-refractivity contribution >= 4 is 11.9 Å². The molecule has 0 aromatic heterocycles. The van der Waals surface area contributed by atoms with Crippen LogP contribution in [0.4, 0.5) is 13.2 Å². The first kappa shape index (κ1) is 32.0. The summed E-state index contributed by atoms with van der Waals surface area (Å²) in [5.41, 5.74) is -1.06. The molecular weight excluding hydrogens is 467 g/mol. The zero-order valence-electron chi connectivity index (χ0n) is 22.3. The van der Waals surface area contributed by atoms with E-state index in [0.717, 1.165) is 37.5 Å². The fourth-order valence-corrected chi connectivity index (χ4v) is 4.12. The number of ether oxygens (including phenoxy) is 1. The van der Waals surface area contributed by atoms with Crippen molar-refractivity contribution in [1.29, 1.82) is 0 Å². The van der Waals surface area contributed by atoms with Crippen LogP contribution in [0, 0.1) is 0 Å². The Labute approximate surface area is 215 Å². The van der Waals surface area contributed by atoms with E-state index in [1.807, 2.05) is 0 Å². The van der Waals surface area contributed by atoms with Crippen LogP contribution in [0.5, 0.6) is 0 Å². The van der Waals surface area contributed by atoms with E-state index in [-0.39, 0.29) is 12.2 Å². The summed E-state index contributed by atoms with van der Waals surface area (Å²) in [5, 5.41) is 2.40. The molecule has 36 heavy (non-hydrogen) atoms. The molecule has 0 radical (unpaired) electrons. The first-order valence-corrected chi connectivity index (χ1v) is 13.9. The minimum Gasteiger partial charge on any atom is -0.464 e. The van der Waals surface area contributed by atoms with Crippen molar-refractivity contribution in [1.82, 2.24) is 5.32 Å². The van der Waals surface area contributed by atoms with Gasteiger partial charge in [-0.15, -0.1) is 0 Å². The number of amides is 1. The van der Waals surface area contributed by atoms with E-state index in [4.69, 9.17) is 4.74 Å². The summed E-state index contributed by atoms with van der Waals surface area (Å²) in [7, 11) is 0. The lowest BCUT2D eigenvalue weighted by Gasteiger charge is -2.14. The molecule has 4 nitrogen and oxygen atoms in total. The Balaban J connectivity index is 2.01. The fraction of sp³-hybridized carbons (Fsp3) is 0.724. The molecule has 1 amide bonds. The van der Waals surface area contributed by atoms with E-state index in [2.05, 4.69) is 12.2 Å². The molecule has 1 N–H and O–H groups in total. The van der Waals surface area contributed by atoms with Gasteiger partial charge in [-0.3, -0.25) is 4.79 Å². The van der Waals surface area contributed by atoms with Crippen molar-refractivity contribution in [2.45, 2.75) is 129 Å². The van der Waals surface area contributed by atoms with E-state index in [1.54, 1.807) is 0 Å². The molecular formula is C29H46F3NO3. The topological polar surface area (TPSA) is 55.4 Å². The summed E-state index contributed by atoms with van der Waals surface area (Å²) in [5.74, 6) is -1.33. The Kier molecular flexibility index (Phi) is 17.0. The number of unbranched alkanes of at least 4 members (excludes halogenated alkanes) is 15. The third-order valence-electron chi connectivity index (χ3n) is 6.40. The molecule has 1 unspecified atom stereocenters. The fourth-order valence-electron chi connectivity index (χ4n) is 4.12. The van der Waals surface area contributed by atoms with Crippen LogP contribution in [0.25, 0.3) is 0 Å². The zero-order valence-corrected chi connectivity index (χ0v) is 22.3. The van der Waals surface area contributed by atoms with Crippen LogP contribution in [0.15, 0.2) is 24.3 Å². The molecule has 0 aliphatic heterocycles. The molecule has 206 valence electrons. The molecule has 1 rings (SSSR count). The number of esters is 1. The van der Waals surface area contributed by atoms with Crippen molar-refractivity contribution in [3.8, 4) is 0 Å². The number of rotatable bonds is 20. The van der Waals surface area contributed by atoms with Crippen LogP contribution in [0.2, 0.25) is 0 Å². The highest BCUT2D eigenvalue weighted by atomic mass is 19.4. The summed E-state index contributed by atoms with van der Waals surface area (Å²) in [6, 6.07) is 3.17. The van der Waals surface area contributed by atoms with Crippen molar-refractivity contribution in [2.75, 3.05) is 6.61 Å². The van der Waals surface area contributed by atoms with Crippen LogP contribution in [-0.2, 0) is 15.7 Å². The number of hydrogen-bond donors (Lipinski definition) is 1. The molecule has 0 saturated carbocycles. The van der Waals surface area contributed by atoms with Gasteiger partial charge in [0.05, 0.1) is 12.2 Å². The second-order valence-corrected chi connectivity index (χ2v) is 9.74. The Bertz CT molecular complexity index is 737. The summed E-state index contributed by atoms with van der Waals surface area (Å²) in [6.07, 6.45) is 15.7. The van der Waals surface area contributed by atoms with E-state index < -0.39 is 29.7 Å². The van der Waals surface area contributed by atoms with Gasteiger partial charge in [-0.2, -0.15) is 13.2 Å². The zero-order chi connectivity index (χ0) is 26.7. The molecule has 0 bridgehead atoms. The number of hydrogen-bond acceptors (Lipinski definition) is 3. The first-order valence-electron chi connectivity index (χ1n) is 13.9. The van der Waals surface area contributed by atoms with Crippen LogP contribution in [0.3, 0.4) is 0 Å². The van der Waals surface area contributed by atoms with Gasteiger partial charge in [0.2, 0.25) is 0 Å². The second-order valence-electron chi connectivity index (χ2n) is 9.74. The molecule has 0 aliphatic rings. The number of halogens is 3. The number of benzene rings is 1. The molecule has 1 aromatic carbocycles. The predicted molar refractivity (Wildman–Crippen MR) is 139 cm³/mol. The van der Waals surface area contributed by atoms with Gasteiger partial charge in [-0.05, 0) is 31.5 Å². The monoisotopic (exact) mass is 513 g/mol. The highest BCUT2D eigenvalue weighted by Crippen LogP contribution is 2.29. The smallest absolute Gasteiger partial charge is 0.416 e. The standard InChI is InChI=1S/C29H46F3NO3/c1-3-4-5-6-7-8-9-10-11-12-13-14-15-16-17-18-22-36-28(35)24(2)33-27(34)25-20-19-21-26(23-25)29(30,31)32/h19-21,23-24H,3-18,22H2,1-2H3,(H,33,34). The predicted octanol–water partition coefficient (Wildman–Crippen LogP) is 8.63. The summed E-state index contributed by atoms with van der Waals surface area (Å²) in [6.45, 7) is 3.99. The lowest BCUT2D eigenvalue weighted by molar-refractivity contribution is -0.145. The SMILES string of the molecule is CCCCCCCCCCCCCCCCCCOC(=O)C(C)NC(=O)c1cccc(C(F)(F)F)c1. The largest absolute Gasteiger partial charge is 0.464 e. The second kappa shape index (κ2) is 19.1. The quantitative estimate of drug-likeness (QED) is 0.140. The highest BCUT2D eigenvalue weighted by molar-refractivity contribution is 5.96. The molecule has 0 heterocycles. The number of carbonyl (C=O) groups is 2. The molecule has 0 fully saturated rings. The maximum Gasteiger partial charge on any atom is 0.416 e. The van der Waals surface area contributed by atoms with E-state index in [1.165, 1.54) is 96.5 Å². The van der Waals surface area contributed by atoms with Gasteiger partial charge in [0.25, 0.3) is 5.91 Å². The van der Waals surface area contributed by atoms with Crippen LogP contribution in [0.1, 0.15) is 133 Å². The molecule has 0 spiro atoms. The third-order valence-corrected chi connectivity index (χ3v) is 6.40. The maximum atomic E-state index is 12.8. The molecule has 1 atom stereocenters. The number of alkyl halides is 3. The van der Waals surface area contributed by atoms with Gasteiger partial charge in [0.1, 0.15) is 6.04 Å². The lowest BCUT2D eigenvalue weighted by Crippen LogP contribution is -2.39. The summed E-state index contributed by atoms with van der Waals surface area (Å²) < 4.78 is 43.6. The Morgan fingerprint density at radius 1 is 0.806 bits per heavy atom. The minimum absolute atomic E-state index is 0.151. The van der Waals surface area contributed by atoms with E-state index in [9.17, 15) is 22.8 Å². The van der Waals surface area contributed by atoms with Gasteiger partial charge in [0.15, 0.2) is 0 Å². The van der Waals surface area contributed by atoms with Gasteiger partial charge >= 0.3 is 12.1 Å². The van der Waals surface area contributed by atoms with E-state index >= 15 is 0 Å². The minimum atomic E-state index is -4.53. The van der Waals surface area contributed by atoms with Gasteiger partial charge in [0, 0.05) is 5.56 Å². The van der Waals surface area contributed by atoms with Gasteiger partial charge in [-0.25, -0.2) is 4.79 Å². The Morgan fingerprint density at radius 2 is 1.28 bits per heavy atom. The van der Waals surface area contributed by atoms with Crippen LogP contribution < -0.4 is 5.32 Å². The number of carbonyl (C=O) groups excluding carboxylic acids is 2. The van der Waals surface area contributed by atoms with E-state index in [0.29, 0.717) is 0 Å². The molecule has 1 aromatic rings. The first-order chi connectivity index (χ1) is 17.3. The summed E-state index contributed by atoms with van der Waals surface area (Å²) in [4.78, 5) is 24.3. The number of nitrogens with one attached hydrogen (secondary N) is 1. The Morgan fingerprint density at radius 3 is 1.75 bits per heavy atom. The average Bonchev–Trinajstić information content (AvgIpc) is 2.85. The molecule has 0 saturated heterocycles. The molecule has 0 aliphatic carbocycles. The van der Waals surface area contributed by atoms with Crippen molar-refractivity contribution < 1.29 is 27.5 Å². The summed E-state index contributed by atoms with van der Waals surface area (Å²) >= 11 is 0. The Hall–Kier alpha value is -2.05. The van der Waals surface area contributed by atoms with Gasteiger partial charge < -0.3 is 10.1 Å². The normalized spacial score (nSPS) is 12.4. The van der Waals surface area contributed by atoms with Crippen LogP contribution in [-0.4, -0.2) is 24.5 Å². The lowest BCUT2D eigenvalue weighted by atomic mass is 10.0. The van der Waals surface area contributed by atoms with Crippen molar-refractivity contribution in [3.63, 3.8) is 0 Å². The van der Waals surface area contributed by atoms with Crippen molar-refractivity contribution in [3.05, 3.63) is 35.4 Å². The maximum absolute atomic E-state index is 12.8. The van der Waals surface area contributed by atoms with Crippen molar-refractivity contribution in [2.24, 2.45) is 0 Å². The average molecular weight is 514 g/mol. The third kappa shape index (κ3) is 15.1. The van der Waals surface area contributed by atoms with Gasteiger partial charge in [-0.1, -0.05) is 109 Å². The van der Waals surface area contributed by atoms with Crippen LogP contribution >= 0.6 is 0 Å². The molecule has 7 heteroatoms. The highest BCUT2D eigenvalue weighted by Gasteiger charge is 2.31.